The third kappa shape index (κ3) is 2.66. The summed E-state index contributed by atoms with van der Waals surface area (Å²) in [7, 11) is 1.75. The predicted molar refractivity (Wildman–Crippen MR) is 83.8 cm³/mol. The molecule has 1 aromatic heterocycles. The van der Waals surface area contributed by atoms with E-state index in [1.54, 1.807) is 23.3 Å². The Morgan fingerprint density at radius 3 is 2.62 bits per heavy atom. The van der Waals surface area contributed by atoms with Crippen LogP contribution in [-0.4, -0.2) is 28.9 Å². The fraction of sp³-hybridized carbons (Fsp3) is 0.467. The summed E-state index contributed by atoms with van der Waals surface area (Å²) in [5.41, 5.74) is 1.06. The maximum atomic E-state index is 12.7. The molecule has 2 bridgehead atoms. The van der Waals surface area contributed by atoms with Gasteiger partial charge in [-0.2, -0.15) is 0 Å². The summed E-state index contributed by atoms with van der Waals surface area (Å²) in [5, 5.41) is 11.4. The number of carbonyl (C=O) groups is 2. The standard InChI is InChI=1S/C15H16BrNO3S/c1-17(6-8-4-11(16)21-7-8)14(18)12-9-2-3-10(5-9)13(12)15(19)20/h2-4,7,9-10,12-13H,5-6H2,1H3,(H,19,20)/t9?,10?,12-,13+/m0/s1. The lowest BCUT2D eigenvalue weighted by atomic mass is 9.82. The molecule has 4 atom stereocenters. The highest BCUT2D eigenvalue weighted by Crippen LogP contribution is 2.48. The molecule has 1 fully saturated rings. The molecule has 0 radical (unpaired) electrons. The molecule has 1 N–H and O–H groups in total. The van der Waals surface area contributed by atoms with E-state index in [0.717, 1.165) is 15.8 Å². The number of allylic oxidation sites excluding steroid dienone is 2. The van der Waals surface area contributed by atoms with Crippen molar-refractivity contribution in [3.8, 4) is 0 Å². The summed E-state index contributed by atoms with van der Waals surface area (Å²) in [6.07, 6.45) is 4.77. The van der Waals surface area contributed by atoms with Gasteiger partial charge in [0.15, 0.2) is 0 Å². The number of carboxylic acids is 1. The zero-order valence-corrected chi connectivity index (χ0v) is 13.9. The van der Waals surface area contributed by atoms with Crippen LogP contribution in [0.5, 0.6) is 0 Å². The Kier molecular flexibility index (Phi) is 3.92. The first-order chi connectivity index (χ1) is 9.97. The predicted octanol–water partition coefficient (Wildman–Crippen LogP) is 2.99. The van der Waals surface area contributed by atoms with Crippen LogP contribution in [0.2, 0.25) is 0 Å². The molecule has 2 aliphatic carbocycles. The van der Waals surface area contributed by atoms with Crippen LogP contribution in [0.15, 0.2) is 27.4 Å². The Balaban J connectivity index is 1.74. The van der Waals surface area contributed by atoms with E-state index in [1.807, 2.05) is 23.6 Å². The minimum absolute atomic E-state index is 0.0186. The topological polar surface area (TPSA) is 57.6 Å². The molecule has 1 aromatic rings. The fourth-order valence-corrected chi connectivity index (χ4v) is 4.73. The van der Waals surface area contributed by atoms with Gasteiger partial charge in [0.05, 0.1) is 15.6 Å². The first-order valence-electron chi connectivity index (χ1n) is 6.86. The number of fused-ring (bicyclic) bond motifs is 2. The monoisotopic (exact) mass is 369 g/mol. The van der Waals surface area contributed by atoms with Crippen molar-refractivity contribution < 1.29 is 14.7 Å². The van der Waals surface area contributed by atoms with Crippen LogP contribution >= 0.6 is 27.3 Å². The Labute approximate surface area is 135 Å². The summed E-state index contributed by atoms with van der Waals surface area (Å²) in [5.74, 6) is -1.78. The summed E-state index contributed by atoms with van der Waals surface area (Å²) in [4.78, 5) is 25.8. The number of carboxylic acid groups (broad SMARTS) is 1. The molecule has 6 heteroatoms. The van der Waals surface area contributed by atoms with Crippen molar-refractivity contribution >= 4 is 39.1 Å². The van der Waals surface area contributed by atoms with Crippen molar-refractivity contribution in [2.45, 2.75) is 13.0 Å². The van der Waals surface area contributed by atoms with Crippen molar-refractivity contribution in [2.24, 2.45) is 23.7 Å². The van der Waals surface area contributed by atoms with Crippen molar-refractivity contribution in [1.29, 1.82) is 0 Å². The molecule has 1 amide bonds. The smallest absolute Gasteiger partial charge is 0.307 e. The molecule has 2 unspecified atom stereocenters. The molecule has 21 heavy (non-hydrogen) atoms. The quantitative estimate of drug-likeness (QED) is 0.829. The second-order valence-corrected chi connectivity index (χ2v) is 8.08. The fourth-order valence-electron chi connectivity index (χ4n) is 3.53. The molecule has 3 rings (SSSR count). The third-order valence-electron chi connectivity index (χ3n) is 4.45. The van der Waals surface area contributed by atoms with Crippen LogP contribution in [0.3, 0.4) is 0 Å². The molecule has 0 aliphatic heterocycles. The number of aliphatic carboxylic acids is 1. The van der Waals surface area contributed by atoms with Crippen LogP contribution in [0.4, 0.5) is 0 Å². The van der Waals surface area contributed by atoms with E-state index in [2.05, 4.69) is 15.9 Å². The van der Waals surface area contributed by atoms with E-state index in [-0.39, 0.29) is 17.7 Å². The maximum absolute atomic E-state index is 12.7. The van der Waals surface area contributed by atoms with E-state index in [1.165, 1.54) is 0 Å². The first kappa shape index (κ1) is 14.8. The van der Waals surface area contributed by atoms with Gasteiger partial charge >= 0.3 is 5.97 Å². The van der Waals surface area contributed by atoms with Crippen LogP contribution < -0.4 is 0 Å². The zero-order valence-electron chi connectivity index (χ0n) is 11.5. The number of hydrogen-bond acceptors (Lipinski definition) is 3. The van der Waals surface area contributed by atoms with Crippen LogP contribution in [-0.2, 0) is 16.1 Å². The minimum atomic E-state index is -0.850. The van der Waals surface area contributed by atoms with Gasteiger partial charge < -0.3 is 10.0 Å². The second kappa shape index (κ2) is 5.57. The molecule has 0 saturated heterocycles. The van der Waals surface area contributed by atoms with Gasteiger partial charge in [-0.25, -0.2) is 0 Å². The molecule has 0 aromatic carbocycles. The van der Waals surface area contributed by atoms with E-state index in [0.29, 0.717) is 6.54 Å². The third-order valence-corrected chi connectivity index (χ3v) is 6.00. The van der Waals surface area contributed by atoms with E-state index >= 15 is 0 Å². The second-order valence-electron chi connectivity index (χ2n) is 5.79. The lowest BCUT2D eigenvalue weighted by molar-refractivity contribution is -0.150. The largest absolute Gasteiger partial charge is 0.481 e. The number of nitrogens with zero attached hydrogens (tertiary/aromatic N) is 1. The Bertz CT molecular complexity index is 612. The first-order valence-corrected chi connectivity index (χ1v) is 8.53. The number of carbonyl (C=O) groups excluding carboxylic acids is 1. The molecule has 0 spiro atoms. The van der Waals surface area contributed by atoms with Gasteiger partial charge in [-0.1, -0.05) is 12.2 Å². The van der Waals surface area contributed by atoms with Crippen molar-refractivity contribution in [1.82, 2.24) is 4.90 Å². The van der Waals surface area contributed by atoms with Crippen molar-refractivity contribution in [3.63, 3.8) is 0 Å². The van der Waals surface area contributed by atoms with Crippen molar-refractivity contribution in [2.75, 3.05) is 7.05 Å². The summed E-state index contributed by atoms with van der Waals surface area (Å²) < 4.78 is 1.03. The highest BCUT2D eigenvalue weighted by Gasteiger charge is 2.52. The molecule has 4 nitrogen and oxygen atoms in total. The molecule has 2 aliphatic rings. The van der Waals surface area contributed by atoms with Crippen LogP contribution in [0.1, 0.15) is 12.0 Å². The van der Waals surface area contributed by atoms with Gasteiger partial charge in [-0.3, -0.25) is 9.59 Å². The lowest BCUT2D eigenvalue weighted by Crippen LogP contribution is -2.40. The summed E-state index contributed by atoms with van der Waals surface area (Å²) >= 11 is 4.99. The minimum Gasteiger partial charge on any atom is -0.481 e. The van der Waals surface area contributed by atoms with E-state index in [9.17, 15) is 14.7 Å². The van der Waals surface area contributed by atoms with Gasteiger partial charge in [0.25, 0.3) is 0 Å². The Morgan fingerprint density at radius 2 is 2.05 bits per heavy atom. The highest BCUT2D eigenvalue weighted by atomic mass is 79.9. The van der Waals surface area contributed by atoms with Gasteiger partial charge in [0.1, 0.15) is 0 Å². The number of amides is 1. The Hall–Kier alpha value is -1.14. The van der Waals surface area contributed by atoms with Crippen molar-refractivity contribution in [3.05, 3.63) is 32.9 Å². The van der Waals surface area contributed by atoms with Gasteiger partial charge in [0.2, 0.25) is 5.91 Å². The molecule has 1 heterocycles. The zero-order chi connectivity index (χ0) is 15.1. The number of thiophene rings is 1. The molecule has 112 valence electrons. The summed E-state index contributed by atoms with van der Waals surface area (Å²) in [6.45, 7) is 0.519. The average Bonchev–Trinajstić information content (AvgIpc) is 3.12. The van der Waals surface area contributed by atoms with Crippen LogP contribution in [0, 0.1) is 23.7 Å². The van der Waals surface area contributed by atoms with Crippen LogP contribution in [0.25, 0.3) is 0 Å². The van der Waals surface area contributed by atoms with Gasteiger partial charge in [-0.15, -0.1) is 11.3 Å². The Morgan fingerprint density at radius 1 is 1.38 bits per heavy atom. The summed E-state index contributed by atoms with van der Waals surface area (Å²) in [6, 6.07) is 1.99. The molecular weight excluding hydrogens is 354 g/mol. The van der Waals surface area contributed by atoms with Gasteiger partial charge in [0, 0.05) is 13.6 Å². The maximum Gasteiger partial charge on any atom is 0.307 e. The highest BCUT2D eigenvalue weighted by molar-refractivity contribution is 9.11. The number of hydrogen-bond donors (Lipinski definition) is 1. The number of rotatable bonds is 4. The van der Waals surface area contributed by atoms with E-state index < -0.39 is 17.8 Å². The number of halogens is 1. The molecular formula is C15H16BrNO3S. The SMILES string of the molecule is CN(Cc1csc(Br)c1)C(=O)[C@H]1C2C=CC(C2)[C@H]1C(=O)O. The van der Waals surface area contributed by atoms with Gasteiger partial charge in [-0.05, 0) is 51.2 Å². The average molecular weight is 370 g/mol. The molecule has 1 saturated carbocycles. The normalized spacial score (nSPS) is 29.8. The lowest BCUT2D eigenvalue weighted by Gasteiger charge is -2.28. The van der Waals surface area contributed by atoms with E-state index in [4.69, 9.17) is 0 Å².